The summed E-state index contributed by atoms with van der Waals surface area (Å²) in [5.41, 5.74) is 6.39. The lowest BCUT2D eigenvalue weighted by Crippen LogP contribution is -2.40. The van der Waals surface area contributed by atoms with Crippen molar-refractivity contribution >= 4 is 24.2 Å². The standard InChI is InChI=1S/C28H43NO10/c1-16(2)10-12-35-27(33)38-21-9-8-20(14-22(21)39-28(34)36-13-11-17(3)4)23(24(29)25(30)31)19(7)15-37-26(32)18(5)6/h8-9,14,16-19,23-24H,10-13,15,29H2,1-7H3,(H,30,31)/t19?,23?,24-/m0/s1. The first-order chi connectivity index (χ1) is 18.2. The van der Waals surface area contributed by atoms with Crippen molar-refractivity contribution in [1.82, 2.24) is 0 Å². The zero-order chi connectivity index (χ0) is 29.7. The van der Waals surface area contributed by atoms with Crippen molar-refractivity contribution in [3.63, 3.8) is 0 Å². The molecule has 11 nitrogen and oxygen atoms in total. The summed E-state index contributed by atoms with van der Waals surface area (Å²) in [5, 5.41) is 9.66. The Kier molecular flexibility index (Phi) is 14.3. The van der Waals surface area contributed by atoms with Gasteiger partial charge in [-0.15, -0.1) is 0 Å². The normalized spacial score (nSPS) is 13.5. The van der Waals surface area contributed by atoms with Crippen LogP contribution in [0.25, 0.3) is 0 Å². The van der Waals surface area contributed by atoms with Crippen molar-refractivity contribution < 1.29 is 48.0 Å². The molecule has 220 valence electrons. The molecule has 0 radical (unpaired) electrons. The van der Waals surface area contributed by atoms with E-state index in [4.69, 9.17) is 29.4 Å². The number of carboxylic acid groups (broad SMARTS) is 1. The third-order valence-corrected chi connectivity index (χ3v) is 5.81. The van der Waals surface area contributed by atoms with Crippen LogP contribution in [0.3, 0.4) is 0 Å². The molecule has 0 heterocycles. The molecule has 0 spiro atoms. The van der Waals surface area contributed by atoms with Gasteiger partial charge in [0.25, 0.3) is 0 Å². The van der Waals surface area contributed by atoms with Gasteiger partial charge in [-0.3, -0.25) is 9.59 Å². The summed E-state index contributed by atoms with van der Waals surface area (Å²) >= 11 is 0. The zero-order valence-electron chi connectivity index (χ0n) is 23.9. The Bertz CT molecular complexity index is 960. The number of rotatable bonds is 15. The van der Waals surface area contributed by atoms with Crippen LogP contribution in [0.2, 0.25) is 0 Å². The van der Waals surface area contributed by atoms with Crippen LogP contribution in [-0.4, -0.2) is 55.2 Å². The number of hydrogen-bond acceptors (Lipinski definition) is 10. The molecule has 0 saturated heterocycles. The van der Waals surface area contributed by atoms with Gasteiger partial charge in [-0.05, 0) is 48.3 Å². The number of aliphatic carboxylic acids is 1. The van der Waals surface area contributed by atoms with Crippen LogP contribution in [0.5, 0.6) is 11.5 Å². The summed E-state index contributed by atoms with van der Waals surface area (Å²) in [7, 11) is 0. The number of benzene rings is 1. The molecule has 0 bridgehead atoms. The van der Waals surface area contributed by atoms with Gasteiger partial charge in [0, 0.05) is 5.92 Å². The SMILES string of the molecule is CC(C)CCOC(=O)Oc1ccc(C(C(C)COC(=O)C(C)C)[C@H](N)C(=O)O)cc1OC(=O)OCCC(C)C. The van der Waals surface area contributed by atoms with Crippen molar-refractivity contribution in [2.75, 3.05) is 19.8 Å². The summed E-state index contributed by atoms with van der Waals surface area (Å²) in [4.78, 5) is 48.4. The predicted octanol–water partition coefficient (Wildman–Crippen LogP) is 5.14. The first-order valence-corrected chi connectivity index (χ1v) is 13.2. The second-order valence-corrected chi connectivity index (χ2v) is 10.6. The molecule has 39 heavy (non-hydrogen) atoms. The highest BCUT2D eigenvalue weighted by atomic mass is 16.7. The third kappa shape index (κ3) is 12.4. The van der Waals surface area contributed by atoms with E-state index in [1.165, 1.54) is 18.2 Å². The molecule has 0 amide bonds. The van der Waals surface area contributed by atoms with E-state index in [-0.39, 0.29) is 37.2 Å². The second kappa shape index (κ2) is 16.6. The summed E-state index contributed by atoms with van der Waals surface area (Å²) in [6.07, 6.45) is -0.769. The molecule has 1 aromatic rings. The Morgan fingerprint density at radius 2 is 1.31 bits per heavy atom. The van der Waals surface area contributed by atoms with Crippen LogP contribution in [-0.2, 0) is 23.8 Å². The third-order valence-electron chi connectivity index (χ3n) is 5.81. The van der Waals surface area contributed by atoms with E-state index in [2.05, 4.69) is 0 Å². The van der Waals surface area contributed by atoms with Crippen LogP contribution in [0.1, 0.15) is 72.8 Å². The largest absolute Gasteiger partial charge is 0.513 e. The highest BCUT2D eigenvalue weighted by molar-refractivity contribution is 5.75. The number of esters is 1. The van der Waals surface area contributed by atoms with Gasteiger partial charge in [-0.2, -0.15) is 0 Å². The highest BCUT2D eigenvalue weighted by Gasteiger charge is 2.33. The number of nitrogens with two attached hydrogens (primary N) is 1. The lowest BCUT2D eigenvalue weighted by Gasteiger charge is -2.28. The van der Waals surface area contributed by atoms with Crippen LogP contribution in [0, 0.1) is 23.7 Å². The topological polar surface area (TPSA) is 161 Å². The fraction of sp³-hybridized carbons (Fsp3) is 0.643. The van der Waals surface area contributed by atoms with Crippen molar-refractivity contribution in [2.45, 2.75) is 73.3 Å². The van der Waals surface area contributed by atoms with Crippen molar-refractivity contribution in [1.29, 1.82) is 0 Å². The molecule has 1 rings (SSSR count). The van der Waals surface area contributed by atoms with Gasteiger partial charge in [0.15, 0.2) is 11.5 Å². The molecule has 0 aromatic heterocycles. The second-order valence-electron chi connectivity index (χ2n) is 10.6. The molecule has 3 N–H and O–H groups in total. The number of carboxylic acids is 1. The minimum Gasteiger partial charge on any atom is -0.480 e. The summed E-state index contributed by atoms with van der Waals surface area (Å²) in [6, 6.07) is 2.83. The maximum absolute atomic E-state index is 12.4. The van der Waals surface area contributed by atoms with Gasteiger partial charge >= 0.3 is 24.2 Å². The predicted molar refractivity (Wildman–Crippen MR) is 143 cm³/mol. The quantitative estimate of drug-likeness (QED) is 0.168. The maximum Gasteiger partial charge on any atom is 0.513 e. The Balaban J connectivity index is 3.29. The number of hydrogen-bond donors (Lipinski definition) is 2. The molecule has 2 unspecified atom stereocenters. The van der Waals surface area contributed by atoms with Crippen LogP contribution in [0.15, 0.2) is 18.2 Å². The van der Waals surface area contributed by atoms with Gasteiger partial charge in [0.2, 0.25) is 0 Å². The smallest absolute Gasteiger partial charge is 0.480 e. The number of carbonyl (C=O) groups is 4. The minimum absolute atomic E-state index is 0.0868. The van der Waals surface area contributed by atoms with Crippen LogP contribution < -0.4 is 15.2 Å². The van der Waals surface area contributed by atoms with Gasteiger partial charge in [0.05, 0.1) is 25.7 Å². The molecule has 0 saturated carbocycles. The van der Waals surface area contributed by atoms with Crippen molar-refractivity contribution in [3.05, 3.63) is 23.8 Å². The van der Waals surface area contributed by atoms with Gasteiger partial charge in [0.1, 0.15) is 6.04 Å². The number of ether oxygens (including phenoxy) is 5. The summed E-state index contributed by atoms with van der Waals surface area (Å²) < 4.78 is 26.1. The van der Waals surface area contributed by atoms with E-state index in [9.17, 15) is 24.3 Å². The molecular weight excluding hydrogens is 510 g/mol. The molecule has 1 aromatic carbocycles. The minimum atomic E-state index is -1.38. The average molecular weight is 554 g/mol. The molecular formula is C28H43NO10. The van der Waals surface area contributed by atoms with Crippen molar-refractivity contribution in [3.8, 4) is 11.5 Å². The molecule has 0 aliphatic carbocycles. The zero-order valence-corrected chi connectivity index (χ0v) is 23.9. The van der Waals surface area contributed by atoms with Crippen molar-refractivity contribution in [2.24, 2.45) is 29.4 Å². The average Bonchev–Trinajstić information content (AvgIpc) is 2.83. The summed E-state index contributed by atoms with van der Waals surface area (Å²) in [5.74, 6) is -3.15. The Morgan fingerprint density at radius 3 is 1.77 bits per heavy atom. The monoisotopic (exact) mass is 553 g/mol. The Hall–Kier alpha value is -3.34. The molecule has 11 heteroatoms. The van der Waals surface area contributed by atoms with Gasteiger partial charge in [-0.1, -0.05) is 54.5 Å². The van der Waals surface area contributed by atoms with Gasteiger partial charge in [-0.25, -0.2) is 9.59 Å². The fourth-order valence-electron chi connectivity index (χ4n) is 3.42. The van der Waals surface area contributed by atoms with E-state index >= 15 is 0 Å². The number of carbonyl (C=O) groups excluding carboxylic acids is 3. The highest BCUT2D eigenvalue weighted by Crippen LogP contribution is 2.36. The van der Waals surface area contributed by atoms with E-state index < -0.39 is 42.1 Å². The van der Waals surface area contributed by atoms with Gasteiger partial charge < -0.3 is 34.5 Å². The fourth-order valence-corrected chi connectivity index (χ4v) is 3.42. The van der Waals surface area contributed by atoms with Crippen LogP contribution >= 0.6 is 0 Å². The van der Waals surface area contributed by atoms with E-state index in [1.807, 2.05) is 27.7 Å². The summed E-state index contributed by atoms with van der Waals surface area (Å²) in [6.45, 7) is 13.1. The molecule has 0 aliphatic heterocycles. The molecule has 0 fully saturated rings. The van der Waals surface area contributed by atoms with Crippen LogP contribution in [0.4, 0.5) is 9.59 Å². The Morgan fingerprint density at radius 1 is 0.795 bits per heavy atom. The lowest BCUT2D eigenvalue weighted by molar-refractivity contribution is -0.149. The molecule has 0 aliphatic rings. The Labute approximate surface area is 230 Å². The van der Waals surface area contributed by atoms with E-state index in [0.717, 1.165) is 0 Å². The molecule has 3 atom stereocenters. The van der Waals surface area contributed by atoms with E-state index in [1.54, 1.807) is 20.8 Å². The maximum atomic E-state index is 12.4. The first-order valence-electron chi connectivity index (χ1n) is 13.2. The van der Waals surface area contributed by atoms with E-state index in [0.29, 0.717) is 30.2 Å². The first kappa shape index (κ1) is 33.7. The lowest BCUT2D eigenvalue weighted by atomic mass is 9.82.